The Morgan fingerprint density at radius 1 is 1.29 bits per heavy atom. The lowest BCUT2D eigenvalue weighted by molar-refractivity contribution is 0.477. The van der Waals surface area contributed by atoms with E-state index in [2.05, 4.69) is 41.4 Å². The van der Waals surface area contributed by atoms with Crippen LogP contribution in [0.5, 0.6) is 0 Å². The van der Waals surface area contributed by atoms with Gasteiger partial charge >= 0.3 is 0 Å². The highest BCUT2D eigenvalue weighted by atomic mass is 15.1. The second kappa shape index (κ2) is 5.00. The minimum Gasteiger partial charge on any atom is -0.350 e. The third-order valence-electron chi connectivity index (χ3n) is 3.15. The van der Waals surface area contributed by atoms with Crippen LogP contribution in [-0.2, 0) is 5.41 Å². The first-order valence-electron chi connectivity index (χ1n) is 6.35. The van der Waals surface area contributed by atoms with Gasteiger partial charge < -0.3 is 10.6 Å². The standard InChI is InChI=1S/C13H22N4/c1-13(2,3)10-7-15-12(16-8-10)17-11-5-4-6-14-9-11/h7-8,11,14H,4-6,9H2,1-3H3,(H,15,16,17). The maximum Gasteiger partial charge on any atom is 0.222 e. The molecule has 0 aromatic carbocycles. The van der Waals surface area contributed by atoms with Crippen molar-refractivity contribution in [1.29, 1.82) is 0 Å². The fourth-order valence-electron chi connectivity index (χ4n) is 1.95. The van der Waals surface area contributed by atoms with Gasteiger partial charge in [-0.05, 0) is 30.4 Å². The molecule has 1 unspecified atom stereocenters. The second-order valence-corrected chi connectivity index (χ2v) is 5.73. The van der Waals surface area contributed by atoms with Crippen molar-refractivity contribution in [2.24, 2.45) is 0 Å². The van der Waals surface area contributed by atoms with Crippen molar-refractivity contribution in [3.05, 3.63) is 18.0 Å². The molecule has 2 N–H and O–H groups in total. The number of nitrogens with one attached hydrogen (secondary N) is 2. The number of hydrogen-bond donors (Lipinski definition) is 2. The third-order valence-corrected chi connectivity index (χ3v) is 3.15. The van der Waals surface area contributed by atoms with Crippen LogP contribution in [0.25, 0.3) is 0 Å². The fourth-order valence-corrected chi connectivity index (χ4v) is 1.95. The average molecular weight is 234 g/mol. The number of nitrogens with zero attached hydrogens (tertiary/aromatic N) is 2. The molecule has 1 aromatic heterocycles. The van der Waals surface area contributed by atoms with Gasteiger partial charge in [-0.15, -0.1) is 0 Å². The van der Waals surface area contributed by atoms with Gasteiger partial charge in [-0.25, -0.2) is 9.97 Å². The molecular formula is C13H22N4. The molecule has 0 saturated carbocycles. The highest BCUT2D eigenvalue weighted by molar-refractivity contribution is 5.28. The van der Waals surface area contributed by atoms with Crippen molar-refractivity contribution in [3.63, 3.8) is 0 Å². The van der Waals surface area contributed by atoms with E-state index >= 15 is 0 Å². The molecule has 1 aliphatic heterocycles. The number of hydrogen-bond acceptors (Lipinski definition) is 4. The van der Waals surface area contributed by atoms with Crippen LogP contribution in [0.4, 0.5) is 5.95 Å². The van der Waals surface area contributed by atoms with Gasteiger partial charge in [-0.1, -0.05) is 20.8 Å². The molecule has 1 atom stereocenters. The van der Waals surface area contributed by atoms with Crippen LogP contribution in [0.1, 0.15) is 39.2 Å². The molecule has 4 nitrogen and oxygen atoms in total. The van der Waals surface area contributed by atoms with Crippen LogP contribution in [0, 0.1) is 0 Å². The summed E-state index contributed by atoms with van der Waals surface area (Å²) in [6.07, 6.45) is 6.26. The summed E-state index contributed by atoms with van der Waals surface area (Å²) in [7, 11) is 0. The van der Waals surface area contributed by atoms with Gasteiger partial charge in [0.05, 0.1) is 0 Å². The SMILES string of the molecule is CC(C)(C)c1cnc(NC2CCCNC2)nc1. The van der Waals surface area contributed by atoms with Gasteiger partial charge in [0.2, 0.25) is 5.95 Å². The summed E-state index contributed by atoms with van der Waals surface area (Å²) in [5.41, 5.74) is 1.29. The Kier molecular flexibility index (Phi) is 3.62. The first kappa shape index (κ1) is 12.3. The zero-order valence-electron chi connectivity index (χ0n) is 11.0. The van der Waals surface area contributed by atoms with E-state index in [0.29, 0.717) is 6.04 Å². The van der Waals surface area contributed by atoms with E-state index in [1.807, 2.05) is 12.4 Å². The molecule has 0 radical (unpaired) electrons. The highest BCUT2D eigenvalue weighted by Gasteiger charge is 2.16. The zero-order valence-corrected chi connectivity index (χ0v) is 11.0. The summed E-state index contributed by atoms with van der Waals surface area (Å²) in [6.45, 7) is 8.64. The topological polar surface area (TPSA) is 49.8 Å². The van der Waals surface area contributed by atoms with E-state index in [0.717, 1.165) is 19.0 Å². The van der Waals surface area contributed by atoms with Crippen LogP contribution in [-0.4, -0.2) is 29.1 Å². The highest BCUT2D eigenvalue weighted by Crippen LogP contribution is 2.20. The van der Waals surface area contributed by atoms with E-state index < -0.39 is 0 Å². The lowest BCUT2D eigenvalue weighted by Gasteiger charge is -2.24. The summed E-state index contributed by atoms with van der Waals surface area (Å²) in [6, 6.07) is 0.462. The number of anilines is 1. The van der Waals surface area contributed by atoms with Crippen molar-refractivity contribution in [1.82, 2.24) is 15.3 Å². The molecular weight excluding hydrogens is 212 g/mol. The van der Waals surface area contributed by atoms with Crippen molar-refractivity contribution < 1.29 is 0 Å². The van der Waals surface area contributed by atoms with Gasteiger partial charge in [-0.3, -0.25) is 0 Å². The Balaban J connectivity index is 1.98. The Morgan fingerprint density at radius 3 is 2.53 bits per heavy atom. The molecule has 94 valence electrons. The molecule has 1 saturated heterocycles. The minimum absolute atomic E-state index is 0.116. The van der Waals surface area contributed by atoms with Gasteiger partial charge in [-0.2, -0.15) is 0 Å². The fraction of sp³-hybridized carbons (Fsp3) is 0.692. The van der Waals surface area contributed by atoms with Crippen LogP contribution >= 0.6 is 0 Å². The summed E-state index contributed by atoms with van der Waals surface area (Å²) in [4.78, 5) is 8.78. The molecule has 1 aromatic rings. The summed E-state index contributed by atoms with van der Waals surface area (Å²) < 4.78 is 0. The molecule has 17 heavy (non-hydrogen) atoms. The molecule has 0 spiro atoms. The van der Waals surface area contributed by atoms with Crippen molar-refractivity contribution in [2.75, 3.05) is 18.4 Å². The number of piperidine rings is 1. The first-order valence-corrected chi connectivity index (χ1v) is 6.35. The molecule has 1 aliphatic rings. The summed E-state index contributed by atoms with van der Waals surface area (Å²) >= 11 is 0. The zero-order chi connectivity index (χ0) is 12.3. The Bertz CT molecular complexity index is 347. The average Bonchev–Trinajstić information content (AvgIpc) is 2.30. The molecule has 2 heterocycles. The molecule has 0 amide bonds. The van der Waals surface area contributed by atoms with Crippen LogP contribution < -0.4 is 10.6 Å². The minimum atomic E-state index is 0.116. The van der Waals surface area contributed by atoms with E-state index in [1.54, 1.807) is 0 Å². The first-order chi connectivity index (χ1) is 8.05. The van der Waals surface area contributed by atoms with E-state index in [1.165, 1.54) is 18.4 Å². The Labute approximate surface area is 103 Å². The number of rotatable bonds is 2. The van der Waals surface area contributed by atoms with Gasteiger partial charge in [0, 0.05) is 25.0 Å². The van der Waals surface area contributed by atoms with Crippen LogP contribution in [0.15, 0.2) is 12.4 Å². The lowest BCUT2D eigenvalue weighted by Crippen LogP contribution is -2.38. The van der Waals surface area contributed by atoms with Crippen LogP contribution in [0.2, 0.25) is 0 Å². The monoisotopic (exact) mass is 234 g/mol. The predicted octanol–water partition coefficient (Wildman–Crippen LogP) is 1.94. The normalized spacial score (nSPS) is 21.2. The van der Waals surface area contributed by atoms with Gasteiger partial charge in [0.15, 0.2) is 0 Å². The largest absolute Gasteiger partial charge is 0.350 e. The Hall–Kier alpha value is -1.16. The van der Waals surface area contributed by atoms with E-state index in [9.17, 15) is 0 Å². The van der Waals surface area contributed by atoms with E-state index in [4.69, 9.17) is 0 Å². The second-order valence-electron chi connectivity index (χ2n) is 5.73. The number of aromatic nitrogens is 2. The summed E-state index contributed by atoms with van der Waals surface area (Å²) in [5.74, 6) is 0.742. The molecule has 0 aliphatic carbocycles. The van der Waals surface area contributed by atoms with Gasteiger partial charge in [0.25, 0.3) is 0 Å². The maximum absolute atomic E-state index is 4.39. The predicted molar refractivity (Wildman–Crippen MR) is 70.2 cm³/mol. The molecule has 1 fully saturated rings. The Morgan fingerprint density at radius 2 is 2.00 bits per heavy atom. The van der Waals surface area contributed by atoms with Crippen molar-refractivity contribution >= 4 is 5.95 Å². The quantitative estimate of drug-likeness (QED) is 0.821. The van der Waals surface area contributed by atoms with Crippen molar-refractivity contribution in [2.45, 2.75) is 45.1 Å². The molecule has 0 bridgehead atoms. The molecule has 4 heteroatoms. The van der Waals surface area contributed by atoms with Gasteiger partial charge in [0.1, 0.15) is 0 Å². The molecule has 2 rings (SSSR count). The summed E-state index contributed by atoms with van der Waals surface area (Å²) in [5, 5.41) is 6.75. The third kappa shape index (κ3) is 3.40. The van der Waals surface area contributed by atoms with Crippen molar-refractivity contribution in [3.8, 4) is 0 Å². The lowest BCUT2D eigenvalue weighted by atomic mass is 9.89. The van der Waals surface area contributed by atoms with Crippen LogP contribution in [0.3, 0.4) is 0 Å². The maximum atomic E-state index is 4.39. The van der Waals surface area contributed by atoms with E-state index in [-0.39, 0.29) is 5.41 Å². The smallest absolute Gasteiger partial charge is 0.222 e.